The molecule has 112 valence electrons. The maximum Gasteiger partial charge on any atom is 0.161 e. The third-order valence-electron chi connectivity index (χ3n) is 2.96. The molecule has 0 aliphatic rings. The smallest absolute Gasteiger partial charge is 0.161 e. The van der Waals surface area contributed by atoms with Crippen molar-refractivity contribution in [1.29, 1.82) is 5.26 Å². The zero-order chi connectivity index (χ0) is 15.8. The number of nitrogens with zero attached hydrogens (tertiary/aromatic N) is 1. The maximum absolute atomic E-state index is 13.6. The third-order valence-corrected chi connectivity index (χ3v) is 2.96. The van der Waals surface area contributed by atoms with E-state index in [1.165, 1.54) is 12.1 Å². The highest BCUT2D eigenvalue weighted by Gasteiger charge is 2.08. The van der Waals surface area contributed by atoms with Crippen molar-refractivity contribution in [3.8, 4) is 17.6 Å². The number of hydrogen-bond acceptors (Lipinski definition) is 3. The Morgan fingerprint density at radius 2 is 1.95 bits per heavy atom. The minimum Gasteiger partial charge on any atom is -0.490 e. The van der Waals surface area contributed by atoms with Gasteiger partial charge in [0.15, 0.2) is 11.5 Å². The molecule has 0 atom stereocenters. The van der Waals surface area contributed by atoms with Gasteiger partial charge in [0.05, 0.1) is 12.7 Å². The van der Waals surface area contributed by atoms with Crippen LogP contribution in [0.3, 0.4) is 0 Å². The second-order valence-electron chi connectivity index (χ2n) is 4.48. The van der Waals surface area contributed by atoms with Crippen LogP contribution in [0.2, 0.25) is 0 Å². The Hall–Kier alpha value is -2.80. The average Bonchev–Trinajstić information content (AvgIpc) is 2.53. The van der Waals surface area contributed by atoms with E-state index in [1.807, 2.05) is 19.1 Å². The molecular formula is C18H16FNO2. The molecule has 0 saturated heterocycles. The molecule has 0 spiro atoms. The average molecular weight is 297 g/mol. The summed E-state index contributed by atoms with van der Waals surface area (Å²) < 4.78 is 24.8. The molecular weight excluding hydrogens is 281 g/mol. The molecule has 2 rings (SSSR count). The summed E-state index contributed by atoms with van der Waals surface area (Å²) in [6.45, 7) is 2.49. The third kappa shape index (κ3) is 4.10. The summed E-state index contributed by atoms with van der Waals surface area (Å²) in [7, 11) is 0. The molecule has 2 aromatic rings. The quantitative estimate of drug-likeness (QED) is 0.745. The lowest BCUT2D eigenvalue weighted by Gasteiger charge is -2.13. The molecule has 4 heteroatoms. The number of nitriles is 1. The molecule has 0 fully saturated rings. The first-order valence-electron chi connectivity index (χ1n) is 6.93. The van der Waals surface area contributed by atoms with Gasteiger partial charge in [-0.2, -0.15) is 5.26 Å². The highest BCUT2D eigenvalue weighted by Crippen LogP contribution is 2.30. The highest BCUT2D eigenvalue weighted by molar-refractivity contribution is 5.57. The van der Waals surface area contributed by atoms with E-state index < -0.39 is 0 Å². The van der Waals surface area contributed by atoms with Gasteiger partial charge in [0.2, 0.25) is 0 Å². The Bertz CT molecular complexity index is 704. The minimum absolute atomic E-state index is 0.125. The van der Waals surface area contributed by atoms with Crippen molar-refractivity contribution in [1.82, 2.24) is 0 Å². The van der Waals surface area contributed by atoms with Crippen LogP contribution in [0.15, 0.2) is 48.5 Å². The Morgan fingerprint density at radius 3 is 2.68 bits per heavy atom. The topological polar surface area (TPSA) is 42.2 Å². The molecule has 0 radical (unpaired) electrons. The Labute approximate surface area is 129 Å². The van der Waals surface area contributed by atoms with Crippen molar-refractivity contribution in [3.05, 3.63) is 65.5 Å². The molecule has 0 bridgehead atoms. The van der Waals surface area contributed by atoms with Gasteiger partial charge < -0.3 is 9.47 Å². The van der Waals surface area contributed by atoms with Crippen molar-refractivity contribution < 1.29 is 13.9 Å². The van der Waals surface area contributed by atoms with Gasteiger partial charge in [-0.15, -0.1) is 0 Å². The van der Waals surface area contributed by atoms with Crippen molar-refractivity contribution in [2.24, 2.45) is 0 Å². The Morgan fingerprint density at radius 1 is 1.14 bits per heavy atom. The molecule has 0 unspecified atom stereocenters. The van der Waals surface area contributed by atoms with Crippen LogP contribution in [0.1, 0.15) is 18.1 Å². The second kappa shape index (κ2) is 7.84. The molecule has 3 nitrogen and oxygen atoms in total. The van der Waals surface area contributed by atoms with Crippen LogP contribution in [0.5, 0.6) is 11.5 Å². The van der Waals surface area contributed by atoms with Gasteiger partial charge in [0, 0.05) is 11.6 Å². The Balaban J connectivity index is 2.17. The zero-order valence-electron chi connectivity index (χ0n) is 12.3. The maximum atomic E-state index is 13.6. The van der Waals surface area contributed by atoms with E-state index in [2.05, 4.69) is 0 Å². The molecule has 22 heavy (non-hydrogen) atoms. The monoisotopic (exact) mass is 297 g/mol. The standard InChI is InChI=1S/C18H16FNO2/c1-2-21-18-12-14(6-5-11-20)9-10-17(18)22-13-15-7-3-4-8-16(15)19/h3-10,12H,2,13H2,1H3. The Kier molecular flexibility index (Phi) is 5.56. The van der Waals surface area contributed by atoms with Gasteiger partial charge in [-0.25, -0.2) is 4.39 Å². The van der Waals surface area contributed by atoms with Gasteiger partial charge in [-0.3, -0.25) is 0 Å². The second-order valence-corrected chi connectivity index (χ2v) is 4.48. The molecule has 2 aromatic carbocycles. The van der Waals surface area contributed by atoms with Crippen molar-refractivity contribution in [2.75, 3.05) is 6.61 Å². The summed E-state index contributed by atoms with van der Waals surface area (Å²) in [5.41, 5.74) is 1.32. The zero-order valence-corrected chi connectivity index (χ0v) is 12.3. The molecule has 0 N–H and O–H groups in total. The normalized spacial score (nSPS) is 10.4. The van der Waals surface area contributed by atoms with Gasteiger partial charge in [0.25, 0.3) is 0 Å². The van der Waals surface area contributed by atoms with E-state index in [-0.39, 0.29) is 12.4 Å². The molecule has 0 aromatic heterocycles. The minimum atomic E-state index is -0.297. The van der Waals surface area contributed by atoms with Crippen molar-refractivity contribution in [2.45, 2.75) is 13.5 Å². The van der Waals surface area contributed by atoms with E-state index in [0.717, 1.165) is 5.56 Å². The molecule has 0 heterocycles. The van der Waals surface area contributed by atoms with Crippen LogP contribution in [0.25, 0.3) is 6.08 Å². The lowest BCUT2D eigenvalue weighted by Crippen LogP contribution is -2.01. The first-order chi connectivity index (χ1) is 10.7. The number of allylic oxidation sites excluding steroid dienone is 1. The number of rotatable bonds is 6. The summed E-state index contributed by atoms with van der Waals surface area (Å²) in [6, 6.07) is 13.8. The van der Waals surface area contributed by atoms with Crippen LogP contribution < -0.4 is 9.47 Å². The van der Waals surface area contributed by atoms with Crippen LogP contribution in [0.4, 0.5) is 4.39 Å². The predicted octanol–water partition coefficient (Wildman–Crippen LogP) is 4.34. The predicted molar refractivity (Wildman–Crippen MR) is 83.0 cm³/mol. The SMILES string of the molecule is CCOc1cc(C=CC#N)ccc1OCc1ccccc1F. The highest BCUT2D eigenvalue weighted by atomic mass is 19.1. The first-order valence-corrected chi connectivity index (χ1v) is 6.93. The molecule has 0 amide bonds. The van der Waals surface area contributed by atoms with Crippen LogP contribution in [-0.2, 0) is 6.61 Å². The summed E-state index contributed by atoms with van der Waals surface area (Å²) in [5, 5.41) is 8.56. The van der Waals surface area contributed by atoms with E-state index in [1.54, 1.807) is 36.4 Å². The van der Waals surface area contributed by atoms with Crippen molar-refractivity contribution in [3.63, 3.8) is 0 Å². The van der Waals surface area contributed by atoms with Gasteiger partial charge in [0.1, 0.15) is 12.4 Å². The van der Waals surface area contributed by atoms with Gasteiger partial charge >= 0.3 is 0 Å². The summed E-state index contributed by atoms with van der Waals surface area (Å²) in [5.74, 6) is 0.812. The molecule has 0 saturated carbocycles. The lowest BCUT2D eigenvalue weighted by atomic mass is 10.2. The number of ether oxygens (including phenoxy) is 2. The number of halogens is 1. The largest absolute Gasteiger partial charge is 0.490 e. The summed E-state index contributed by atoms with van der Waals surface area (Å²) >= 11 is 0. The van der Waals surface area contributed by atoms with E-state index in [9.17, 15) is 4.39 Å². The summed E-state index contributed by atoms with van der Waals surface area (Å²) in [6.07, 6.45) is 3.08. The van der Waals surface area contributed by atoms with Gasteiger partial charge in [-0.1, -0.05) is 24.3 Å². The van der Waals surface area contributed by atoms with Crippen molar-refractivity contribution >= 4 is 6.08 Å². The molecule has 0 aliphatic heterocycles. The van der Waals surface area contributed by atoms with Crippen LogP contribution in [-0.4, -0.2) is 6.61 Å². The fourth-order valence-corrected chi connectivity index (χ4v) is 1.92. The van der Waals surface area contributed by atoms with Crippen LogP contribution >= 0.6 is 0 Å². The van der Waals surface area contributed by atoms with E-state index >= 15 is 0 Å². The van der Waals surface area contributed by atoms with Crippen LogP contribution in [0, 0.1) is 17.1 Å². The summed E-state index contributed by atoms with van der Waals surface area (Å²) in [4.78, 5) is 0. The first kappa shape index (κ1) is 15.6. The van der Waals surface area contributed by atoms with Gasteiger partial charge in [-0.05, 0) is 36.8 Å². The number of hydrogen-bond donors (Lipinski definition) is 0. The van der Waals surface area contributed by atoms with E-state index in [0.29, 0.717) is 23.7 Å². The molecule has 0 aliphatic carbocycles. The lowest BCUT2D eigenvalue weighted by molar-refractivity contribution is 0.266. The van der Waals surface area contributed by atoms with E-state index in [4.69, 9.17) is 14.7 Å². The fraction of sp³-hybridized carbons (Fsp3) is 0.167. The fourth-order valence-electron chi connectivity index (χ4n) is 1.92. The number of benzene rings is 2.